The molecule has 0 aliphatic carbocycles. The van der Waals surface area contributed by atoms with Crippen LogP contribution >= 0.6 is 0 Å². The third-order valence-electron chi connectivity index (χ3n) is 4.98. The second-order valence-electron chi connectivity index (χ2n) is 6.69. The summed E-state index contributed by atoms with van der Waals surface area (Å²) < 4.78 is 0. The van der Waals surface area contributed by atoms with Gasteiger partial charge in [0.1, 0.15) is 6.29 Å². The molecule has 132 valence electrons. The second kappa shape index (κ2) is 7.30. The van der Waals surface area contributed by atoms with E-state index in [0.29, 0.717) is 6.54 Å². The predicted molar refractivity (Wildman–Crippen MR) is 106 cm³/mol. The molecule has 26 heavy (non-hydrogen) atoms. The van der Waals surface area contributed by atoms with Crippen molar-refractivity contribution in [2.75, 3.05) is 4.90 Å². The summed E-state index contributed by atoms with van der Waals surface area (Å²) in [5.41, 5.74) is 18.0. The fraction of sp³-hybridized carbons (Fsp3) is 0.182. The van der Waals surface area contributed by atoms with Crippen LogP contribution in [-0.4, -0.2) is 11.2 Å². The highest BCUT2D eigenvalue weighted by Gasteiger charge is 2.35. The van der Waals surface area contributed by atoms with Crippen LogP contribution in [0.5, 0.6) is 0 Å². The molecule has 4 nitrogen and oxygen atoms in total. The van der Waals surface area contributed by atoms with Gasteiger partial charge in [0.15, 0.2) is 0 Å². The maximum absolute atomic E-state index is 6.70. The normalized spacial score (nSPS) is 20.0. The fourth-order valence-corrected chi connectivity index (χ4v) is 3.61. The third-order valence-corrected chi connectivity index (χ3v) is 4.98. The monoisotopic (exact) mass is 344 g/mol. The van der Waals surface area contributed by atoms with Crippen molar-refractivity contribution in [2.24, 2.45) is 11.5 Å². The summed E-state index contributed by atoms with van der Waals surface area (Å²) in [6, 6.07) is 29.0. The highest BCUT2D eigenvalue weighted by Crippen LogP contribution is 2.36. The molecule has 3 aromatic rings. The molecule has 0 amide bonds. The molecule has 4 heteroatoms. The lowest BCUT2D eigenvalue weighted by molar-refractivity contribution is 0.112. The van der Waals surface area contributed by atoms with Crippen LogP contribution in [0.2, 0.25) is 0 Å². The molecule has 0 bridgehead atoms. The molecule has 1 heterocycles. The highest BCUT2D eigenvalue weighted by molar-refractivity contribution is 5.57. The van der Waals surface area contributed by atoms with Gasteiger partial charge in [-0.25, -0.2) is 4.90 Å². The first-order valence-electron chi connectivity index (χ1n) is 8.94. The van der Waals surface area contributed by atoms with Crippen LogP contribution < -0.4 is 16.4 Å². The lowest BCUT2D eigenvalue weighted by Gasteiger charge is -2.47. The van der Waals surface area contributed by atoms with Gasteiger partial charge in [0.2, 0.25) is 0 Å². The van der Waals surface area contributed by atoms with Crippen LogP contribution in [0.25, 0.3) is 0 Å². The van der Waals surface area contributed by atoms with Crippen molar-refractivity contribution in [2.45, 2.75) is 25.5 Å². The molecule has 1 aliphatic heterocycles. The van der Waals surface area contributed by atoms with E-state index in [4.69, 9.17) is 11.5 Å². The maximum Gasteiger partial charge on any atom is 0.136 e. The number of para-hydroxylation sites is 1. The largest absolute Gasteiger partial charge is 0.339 e. The lowest BCUT2D eigenvalue weighted by atomic mass is 10.0. The molecule has 0 spiro atoms. The van der Waals surface area contributed by atoms with E-state index < -0.39 is 0 Å². The number of fused-ring (bicyclic) bond motifs is 1. The van der Waals surface area contributed by atoms with Gasteiger partial charge in [-0.2, -0.15) is 0 Å². The summed E-state index contributed by atoms with van der Waals surface area (Å²) in [5.74, 6) is 0. The zero-order chi connectivity index (χ0) is 17.9. The Balaban J connectivity index is 1.69. The van der Waals surface area contributed by atoms with Gasteiger partial charge in [-0.05, 0) is 17.2 Å². The number of nitrogens with zero attached hydrogens (tertiary/aromatic N) is 2. The van der Waals surface area contributed by atoms with Crippen LogP contribution in [0.4, 0.5) is 5.69 Å². The minimum absolute atomic E-state index is 0.228. The van der Waals surface area contributed by atoms with E-state index in [1.807, 2.05) is 36.4 Å². The Hall–Kier alpha value is -2.66. The number of hydrogen-bond donors (Lipinski definition) is 2. The van der Waals surface area contributed by atoms with Gasteiger partial charge >= 0.3 is 0 Å². The number of anilines is 1. The fourth-order valence-electron chi connectivity index (χ4n) is 3.61. The molecule has 3 aromatic carbocycles. The smallest absolute Gasteiger partial charge is 0.136 e. The number of rotatable bonds is 4. The molecule has 4 rings (SSSR count). The highest BCUT2D eigenvalue weighted by atomic mass is 15.5. The van der Waals surface area contributed by atoms with E-state index in [1.54, 1.807) is 0 Å². The van der Waals surface area contributed by atoms with Crippen molar-refractivity contribution < 1.29 is 0 Å². The summed E-state index contributed by atoms with van der Waals surface area (Å²) in [5, 5.41) is 0. The van der Waals surface area contributed by atoms with Gasteiger partial charge in [-0.15, -0.1) is 0 Å². The average Bonchev–Trinajstić information content (AvgIpc) is 2.70. The Labute approximate surface area is 154 Å². The Kier molecular flexibility index (Phi) is 4.71. The second-order valence-corrected chi connectivity index (χ2v) is 6.69. The zero-order valence-corrected chi connectivity index (χ0v) is 14.7. The molecule has 1 aliphatic rings. The number of benzene rings is 3. The van der Waals surface area contributed by atoms with Crippen molar-refractivity contribution in [3.8, 4) is 0 Å². The zero-order valence-electron chi connectivity index (χ0n) is 14.7. The molecule has 0 saturated heterocycles. The first kappa shape index (κ1) is 16.8. The van der Waals surface area contributed by atoms with Crippen molar-refractivity contribution in [3.63, 3.8) is 0 Å². The Morgan fingerprint density at radius 2 is 1.19 bits per heavy atom. The van der Waals surface area contributed by atoms with Crippen molar-refractivity contribution in [1.29, 1.82) is 0 Å². The van der Waals surface area contributed by atoms with E-state index in [1.165, 1.54) is 11.1 Å². The molecule has 0 aromatic heterocycles. The minimum atomic E-state index is -0.291. The molecular formula is C22H24N4. The lowest BCUT2D eigenvalue weighted by Crippen LogP contribution is -2.59. The van der Waals surface area contributed by atoms with E-state index in [9.17, 15) is 0 Å². The molecule has 4 N–H and O–H groups in total. The summed E-state index contributed by atoms with van der Waals surface area (Å²) in [6.45, 7) is 1.46. The summed E-state index contributed by atoms with van der Waals surface area (Å²) in [6.07, 6.45) is -0.520. The number of nitrogens with two attached hydrogens (primary N) is 2. The van der Waals surface area contributed by atoms with E-state index in [-0.39, 0.29) is 12.5 Å². The predicted octanol–water partition coefficient (Wildman–Crippen LogP) is 3.41. The minimum Gasteiger partial charge on any atom is -0.339 e. The average molecular weight is 344 g/mol. The molecule has 0 fully saturated rings. The van der Waals surface area contributed by atoms with Gasteiger partial charge in [-0.3, -0.25) is 5.73 Å². The van der Waals surface area contributed by atoms with E-state index >= 15 is 0 Å². The summed E-state index contributed by atoms with van der Waals surface area (Å²) in [7, 11) is 0. The Morgan fingerprint density at radius 3 is 1.85 bits per heavy atom. The Bertz CT molecular complexity index is 850. The van der Waals surface area contributed by atoms with Crippen LogP contribution in [0.1, 0.15) is 22.9 Å². The van der Waals surface area contributed by atoms with Gasteiger partial charge in [-0.1, -0.05) is 78.9 Å². The topological polar surface area (TPSA) is 58.5 Å². The van der Waals surface area contributed by atoms with Crippen LogP contribution in [0.15, 0.2) is 84.9 Å². The quantitative estimate of drug-likeness (QED) is 0.761. The van der Waals surface area contributed by atoms with Crippen LogP contribution in [-0.2, 0) is 13.1 Å². The van der Waals surface area contributed by atoms with Crippen LogP contribution in [0.3, 0.4) is 0 Å². The molecule has 0 saturated carbocycles. The summed E-state index contributed by atoms with van der Waals surface area (Å²) >= 11 is 0. The first-order chi connectivity index (χ1) is 12.7. The number of hydrogen-bond acceptors (Lipinski definition) is 4. The third kappa shape index (κ3) is 3.22. The van der Waals surface area contributed by atoms with Gasteiger partial charge in [0, 0.05) is 24.3 Å². The summed E-state index contributed by atoms with van der Waals surface area (Å²) in [4.78, 5) is 4.39. The Morgan fingerprint density at radius 1 is 0.654 bits per heavy atom. The van der Waals surface area contributed by atoms with E-state index in [0.717, 1.165) is 17.8 Å². The van der Waals surface area contributed by atoms with Gasteiger partial charge in [0.25, 0.3) is 0 Å². The molecule has 2 unspecified atom stereocenters. The van der Waals surface area contributed by atoms with Crippen molar-refractivity contribution >= 4 is 5.69 Å². The van der Waals surface area contributed by atoms with Crippen LogP contribution in [0, 0.1) is 0 Å². The molecule has 0 radical (unpaired) electrons. The standard InChI is InChI=1S/C22H24N4/c23-21-19-13-7-8-14-20(19)25(15-17-9-3-1-4-10-17)22(24)26(21)16-18-11-5-2-6-12-18/h1-14,21-22H,15-16,23-24H2. The van der Waals surface area contributed by atoms with Crippen molar-refractivity contribution in [3.05, 3.63) is 102 Å². The molecular weight excluding hydrogens is 320 g/mol. The molecule has 2 atom stereocenters. The van der Waals surface area contributed by atoms with E-state index in [2.05, 4.69) is 58.3 Å². The SMILES string of the molecule is NC1c2ccccc2N(Cc2ccccc2)C(N)N1Cc1ccccc1. The van der Waals surface area contributed by atoms with Crippen molar-refractivity contribution in [1.82, 2.24) is 4.90 Å². The van der Waals surface area contributed by atoms with Gasteiger partial charge < -0.3 is 10.6 Å². The van der Waals surface area contributed by atoms with Gasteiger partial charge in [0.05, 0.1) is 6.17 Å². The maximum atomic E-state index is 6.70. The first-order valence-corrected chi connectivity index (χ1v) is 8.94.